The molecule has 2 aliphatic heterocycles. The Kier molecular flexibility index (Phi) is 6.29. The Morgan fingerprint density at radius 3 is 2.57 bits per heavy atom. The minimum Gasteiger partial charge on any atom is -0.333 e. The summed E-state index contributed by atoms with van der Waals surface area (Å²) in [6, 6.07) is -0.235. The third-order valence-corrected chi connectivity index (χ3v) is 8.10. The van der Waals surface area contributed by atoms with Crippen molar-refractivity contribution >= 4 is 15.9 Å². The van der Waals surface area contributed by atoms with Crippen LogP contribution < -0.4 is 5.56 Å². The van der Waals surface area contributed by atoms with Crippen molar-refractivity contribution in [1.29, 1.82) is 0 Å². The van der Waals surface area contributed by atoms with Crippen LogP contribution in [0.5, 0.6) is 0 Å². The SMILES string of the molecule is CS(=O)(=O)N1CCc2c(nc(C3CCCCN3C(=O)CC3CCCCC3)[nH]c2=O)C1. The normalized spacial score (nSPS) is 23.9. The Balaban J connectivity index is 1.57. The lowest BCUT2D eigenvalue weighted by Gasteiger charge is -2.37. The first-order valence-corrected chi connectivity index (χ1v) is 13.0. The van der Waals surface area contributed by atoms with E-state index in [2.05, 4.69) is 9.97 Å². The number of likely N-dealkylation sites (tertiary alicyclic amines) is 1. The first kappa shape index (κ1) is 21.5. The highest BCUT2D eigenvalue weighted by Gasteiger charge is 2.33. The molecule has 1 unspecified atom stereocenters. The van der Waals surface area contributed by atoms with Crippen molar-refractivity contribution in [3.63, 3.8) is 0 Å². The average molecular weight is 437 g/mol. The van der Waals surface area contributed by atoms with Crippen molar-refractivity contribution in [3.05, 3.63) is 27.4 Å². The molecule has 0 aromatic carbocycles. The molecule has 2 fully saturated rings. The highest BCUT2D eigenvalue weighted by molar-refractivity contribution is 7.88. The maximum Gasteiger partial charge on any atom is 0.254 e. The van der Waals surface area contributed by atoms with Gasteiger partial charge in [0, 0.05) is 25.1 Å². The highest BCUT2D eigenvalue weighted by Crippen LogP contribution is 2.33. The average Bonchev–Trinajstić information content (AvgIpc) is 2.73. The van der Waals surface area contributed by atoms with Crippen LogP contribution in [0, 0.1) is 5.92 Å². The maximum atomic E-state index is 13.1. The standard InChI is InChI=1S/C21H32N4O4S/c1-30(28,29)24-12-10-16-17(14-24)22-20(23-21(16)27)18-9-5-6-11-25(18)19(26)13-15-7-3-2-4-8-15/h15,18H,2-14H2,1H3,(H,22,23,27). The van der Waals surface area contributed by atoms with Crippen LogP contribution in [0.2, 0.25) is 0 Å². The van der Waals surface area contributed by atoms with E-state index in [9.17, 15) is 18.0 Å². The fourth-order valence-corrected chi connectivity index (χ4v) is 5.93. The molecule has 1 atom stereocenters. The predicted octanol–water partition coefficient (Wildman–Crippen LogP) is 2.11. The Bertz CT molecular complexity index is 952. The lowest BCUT2D eigenvalue weighted by atomic mass is 9.86. The number of nitrogens with one attached hydrogen (secondary N) is 1. The Morgan fingerprint density at radius 1 is 1.10 bits per heavy atom. The second-order valence-electron chi connectivity index (χ2n) is 9.03. The van der Waals surface area contributed by atoms with Gasteiger partial charge in [-0.25, -0.2) is 13.4 Å². The highest BCUT2D eigenvalue weighted by atomic mass is 32.2. The number of H-pyrrole nitrogens is 1. The zero-order valence-electron chi connectivity index (χ0n) is 17.7. The fraction of sp³-hybridized carbons (Fsp3) is 0.762. The molecule has 0 radical (unpaired) electrons. The van der Waals surface area contributed by atoms with Gasteiger partial charge in [0.05, 0.1) is 24.5 Å². The van der Waals surface area contributed by atoms with E-state index in [-0.39, 0.29) is 24.1 Å². The molecule has 0 spiro atoms. The molecular weight excluding hydrogens is 404 g/mol. The summed E-state index contributed by atoms with van der Waals surface area (Å²) in [4.78, 5) is 35.3. The lowest BCUT2D eigenvalue weighted by molar-refractivity contribution is -0.136. The molecule has 1 saturated heterocycles. The van der Waals surface area contributed by atoms with Gasteiger partial charge in [-0.15, -0.1) is 0 Å². The number of aromatic amines is 1. The van der Waals surface area contributed by atoms with Crippen molar-refractivity contribution in [2.24, 2.45) is 5.92 Å². The summed E-state index contributed by atoms with van der Waals surface area (Å²) in [5, 5.41) is 0. The van der Waals surface area contributed by atoms with Crippen LogP contribution in [0.25, 0.3) is 0 Å². The number of piperidine rings is 1. The van der Waals surface area contributed by atoms with Crippen LogP contribution >= 0.6 is 0 Å². The van der Waals surface area contributed by atoms with Crippen molar-refractivity contribution < 1.29 is 13.2 Å². The lowest BCUT2D eigenvalue weighted by Crippen LogP contribution is -2.42. The number of hydrogen-bond donors (Lipinski definition) is 1. The molecule has 1 aromatic rings. The third-order valence-electron chi connectivity index (χ3n) is 6.85. The van der Waals surface area contributed by atoms with Crippen molar-refractivity contribution in [2.75, 3.05) is 19.3 Å². The van der Waals surface area contributed by atoms with E-state index in [1.54, 1.807) is 0 Å². The number of rotatable bonds is 4. The molecule has 1 amide bonds. The first-order chi connectivity index (χ1) is 14.3. The monoisotopic (exact) mass is 436 g/mol. The zero-order valence-corrected chi connectivity index (χ0v) is 18.5. The summed E-state index contributed by atoms with van der Waals surface area (Å²) in [5.74, 6) is 1.13. The maximum absolute atomic E-state index is 13.1. The quantitative estimate of drug-likeness (QED) is 0.779. The molecule has 3 aliphatic rings. The molecule has 8 nitrogen and oxygen atoms in total. The van der Waals surface area contributed by atoms with E-state index in [1.165, 1.54) is 29.8 Å². The number of nitrogens with zero attached hydrogens (tertiary/aromatic N) is 3. The van der Waals surface area contributed by atoms with Crippen molar-refractivity contribution in [1.82, 2.24) is 19.2 Å². The molecule has 30 heavy (non-hydrogen) atoms. The molecule has 1 saturated carbocycles. The van der Waals surface area contributed by atoms with Gasteiger partial charge in [-0.1, -0.05) is 19.3 Å². The first-order valence-electron chi connectivity index (χ1n) is 11.2. The van der Waals surface area contributed by atoms with Crippen LogP contribution in [-0.2, 0) is 27.8 Å². The fourth-order valence-electron chi connectivity index (χ4n) is 5.15. The van der Waals surface area contributed by atoms with Gasteiger partial charge in [-0.3, -0.25) is 9.59 Å². The summed E-state index contributed by atoms with van der Waals surface area (Å²) in [6.45, 7) is 1.10. The summed E-state index contributed by atoms with van der Waals surface area (Å²) in [7, 11) is -3.34. The van der Waals surface area contributed by atoms with Crippen LogP contribution in [0.1, 0.15) is 80.9 Å². The van der Waals surface area contributed by atoms with Crippen molar-refractivity contribution in [2.45, 2.75) is 76.8 Å². The molecule has 4 rings (SSSR count). The summed E-state index contributed by atoms with van der Waals surface area (Å²) in [6.07, 6.45) is 10.8. The van der Waals surface area contributed by atoms with Gasteiger partial charge in [0.25, 0.3) is 5.56 Å². The van der Waals surface area contributed by atoms with Crippen molar-refractivity contribution in [3.8, 4) is 0 Å². The van der Waals surface area contributed by atoms with E-state index in [4.69, 9.17) is 0 Å². The predicted molar refractivity (Wildman–Crippen MR) is 113 cm³/mol. The molecule has 166 valence electrons. The number of hydrogen-bond acceptors (Lipinski definition) is 5. The molecule has 3 heterocycles. The third kappa shape index (κ3) is 4.61. The Labute approximate surface area is 178 Å². The van der Waals surface area contributed by atoms with Crippen LogP contribution in [0.15, 0.2) is 4.79 Å². The van der Waals surface area contributed by atoms with E-state index >= 15 is 0 Å². The zero-order chi connectivity index (χ0) is 21.3. The van der Waals surface area contributed by atoms with Gasteiger partial charge in [0.2, 0.25) is 15.9 Å². The van der Waals surface area contributed by atoms with Gasteiger partial charge >= 0.3 is 0 Å². The largest absolute Gasteiger partial charge is 0.333 e. The topological polar surface area (TPSA) is 103 Å². The molecule has 1 N–H and O–H groups in total. The number of amides is 1. The van der Waals surface area contributed by atoms with Gasteiger partial charge in [0.15, 0.2) is 0 Å². The van der Waals surface area contributed by atoms with Crippen LogP contribution in [0.3, 0.4) is 0 Å². The number of sulfonamides is 1. The summed E-state index contributed by atoms with van der Waals surface area (Å²) < 4.78 is 25.3. The summed E-state index contributed by atoms with van der Waals surface area (Å²) >= 11 is 0. The number of fused-ring (bicyclic) bond motifs is 1. The second-order valence-corrected chi connectivity index (χ2v) is 11.0. The number of carbonyl (C=O) groups excluding carboxylic acids is 1. The van der Waals surface area contributed by atoms with E-state index in [1.807, 2.05) is 4.90 Å². The second kappa shape index (κ2) is 8.78. The molecule has 1 aromatic heterocycles. The Hall–Kier alpha value is -1.74. The molecule has 0 bridgehead atoms. The van der Waals surface area contributed by atoms with Gasteiger partial charge in [-0.2, -0.15) is 4.31 Å². The van der Waals surface area contributed by atoms with Gasteiger partial charge in [-0.05, 0) is 44.4 Å². The number of aromatic nitrogens is 2. The minimum atomic E-state index is -3.34. The molecule has 1 aliphatic carbocycles. The molecule has 9 heteroatoms. The molecular formula is C21H32N4O4S. The van der Waals surface area contributed by atoms with Crippen LogP contribution in [0.4, 0.5) is 0 Å². The van der Waals surface area contributed by atoms with Crippen LogP contribution in [-0.4, -0.2) is 52.8 Å². The Morgan fingerprint density at radius 2 is 1.83 bits per heavy atom. The van der Waals surface area contributed by atoms with Gasteiger partial charge < -0.3 is 9.88 Å². The van der Waals surface area contributed by atoms with E-state index < -0.39 is 10.0 Å². The van der Waals surface area contributed by atoms with E-state index in [0.29, 0.717) is 48.9 Å². The summed E-state index contributed by atoms with van der Waals surface area (Å²) in [5.41, 5.74) is 0.888. The van der Waals surface area contributed by atoms with Gasteiger partial charge in [0.1, 0.15) is 5.82 Å². The smallest absolute Gasteiger partial charge is 0.254 e. The number of carbonyl (C=O) groups is 1. The minimum absolute atomic E-state index is 0.119. The van der Waals surface area contributed by atoms with E-state index in [0.717, 1.165) is 32.1 Å².